The number of esters is 1. The quantitative estimate of drug-likeness (QED) is 0.100. The molecule has 2 heterocycles. The van der Waals surface area contributed by atoms with Crippen molar-refractivity contribution in [1.29, 1.82) is 0 Å². The highest BCUT2D eigenvalue weighted by Crippen LogP contribution is 2.41. The summed E-state index contributed by atoms with van der Waals surface area (Å²) in [7, 11) is 1.23. The minimum Gasteiger partial charge on any atom is -0.467 e. The Morgan fingerprint density at radius 3 is 1.96 bits per heavy atom. The van der Waals surface area contributed by atoms with Gasteiger partial charge in [-0.25, -0.2) is 19.0 Å². The summed E-state index contributed by atoms with van der Waals surface area (Å²) in [5.74, 6) is -1.24. The van der Waals surface area contributed by atoms with E-state index in [4.69, 9.17) is 14.5 Å². The molecule has 1 saturated heterocycles. The number of halogens is 1. The van der Waals surface area contributed by atoms with Crippen molar-refractivity contribution in [3.05, 3.63) is 179 Å². The maximum atomic E-state index is 16.7. The monoisotopic (exact) mass is 722 g/mol. The zero-order chi connectivity index (χ0) is 37.5. The van der Waals surface area contributed by atoms with Gasteiger partial charge in [0.05, 0.1) is 7.11 Å². The van der Waals surface area contributed by atoms with Crippen molar-refractivity contribution < 1.29 is 28.2 Å². The van der Waals surface area contributed by atoms with Gasteiger partial charge in [-0.2, -0.15) is 0 Å². The Hall–Kier alpha value is -6.55. The van der Waals surface area contributed by atoms with Gasteiger partial charge < -0.3 is 25.0 Å². The molecule has 1 aliphatic heterocycles. The molecule has 0 saturated carbocycles. The number of nitrogens with one attached hydrogen (secondary N) is 2. The lowest BCUT2D eigenvalue weighted by Gasteiger charge is -2.37. The molecule has 7 rings (SSSR count). The molecule has 1 aromatic heterocycles. The van der Waals surface area contributed by atoms with Crippen LogP contribution in [0.1, 0.15) is 34.2 Å². The number of hydrogen-bond acceptors (Lipinski definition) is 7. The van der Waals surface area contributed by atoms with E-state index in [0.29, 0.717) is 16.6 Å². The van der Waals surface area contributed by atoms with Gasteiger partial charge in [0.15, 0.2) is 0 Å². The van der Waals surface area contributed by atoms with E-state index >= 15 is 4.39 Å². The van der Waals surface area contributed by atoms with E-state index in [0.717, 1.165) is 22.3 Å². The highest BCUT2D eigenvalue weighted by atomic mass is 19.1. The smallest absolute Gasteiger partial charge is 0.408 e. The number of carbonyl (C=O) groups is 3. The molecule has 9 nitrogen and oxygen atoms in total. The molecule has 0 radical (unpaired) electrons. The molecule has 6 aromatic rings. The van der Waals surface area contributed by atoms with Crippen molar-refractivity contribution in [2.75, 3.05) is 19.0 Å². The second kappa shape index (κ2) is 16.0. The third kappa shape index (κ3) is 7.23. The van der Waals surface area contributed by atoms with E-state index in [2.05, 4.69) is 47.0 Å². The summed E-state index contributed by atoms with van der Waals surface area (Å²) in [6, 6.07) is 42.3. The van der Waals surface area contributed by atoms with E-state index in [9.17, 15) is 14.4 Å². The average Bonchev–Trinajstić information content (AvgIpc) is 3.58. The first-order valence-corrected chi connectivity index (χ1v) is 17.8. The van der Waals surface area contributed by atoms with Crippen LogP contribution in [-0.2, 0) is 37.6 Å². The van der Waals surface area contributed by atoms with E-state index in [1.165, 1.54) is 12.0 Å². The van der Waals surface area contributed by atoms with Crippen LogP contribution in [0.25, 0.3) is 10.8 Å². The second-order valence-corrected chi connectivity index (χ2v) is 13.1. The number of amides is 2. The van der Waals surface area contributed by atoms with E-state index in [1.807, 2.05) is 84.9 Å². The molecule has 0 spiro atoms. The van der Waals surface area contributed by atoms with E-state index in [1.54, 1.807) is 24.4 Å². The molecule has 0 bridgehead atoms. The Labute approximate surface area is 312 Å². The van der Waals surface area contributed by atoms with Crippen LogP contribution in [0.5, 0.6) is 0 Å². The maximum Gasteiger partial charge on any atom is 0.408 e. The van der Waals surface area contributed by atoms with Gasteiger partial charge in [-0.15, -0.1) is 0 Å². The molecule has 0 aliphatic carbocycles. The van der Waals surface area contributed by atoms with Gasteiger partial charge in [-0.1, -0.05) is 133 Å². The summed E-state index contributed by atoms with van der Waals surface area (Å²) in [4.78, 5) is 45.3. The van der Waals surface area contributed by atoms with Crippen molar-refractivity contribution in [1.82, 2.24) is 15.2 Å². The van der Waals surface area contributed by atoms with E-state index < -0.39 is 41.4 Å². The topological polar surface area (TPSA) is 110 Å². The Bertz CT molecular complexity index is 2140. The fourth-order valence-electron chi connectivity index (χ4n) is 7.20. The summed E-state index contributed by atoms with van der Waals surface area (Å²) in [5.41, 5.74) is 3.02. The fourth-order valence-corrected chi connectivity index (χ4v) is 7.20. The minimum atomic E-state index is -1.12. The number of rotatable bonds is 12. The van der Waals surface area contributed by atoms with Crippen molar-refractivity contribution in [2.24, 2.45) is 0 Å². The van der Waals surface area contributed by atoms with Gasteiger partial charge in [0.2, 0.25) is 5.91 Å². The highest BCUT2D eigenvalue weighted by molar-refractivity contribution is 5.94. The van der Waals surface area contributed by atoms with Crippen LogP contribution >= 0.6 is 0 Å². The second-order valence-electron chi connectivity index (χ2n) is 13.1. The van der Waals surface area contributed by atoms with Crippen molar-refractivity contribution in [3.63, 3.8) is 0 Å². The molecule has 10 heteroatoms. The normalized spacial score (nSPS) is 14.7. The van der Waals surface area contributed by atoms with Crippen molar-refractivity contribution in [2.45, 2.75) is 37.1 Å². The van der Waals surface area contributed by atoms with Gasteiger partial charge >= 0.3 is 12.1 Å². The Morgan fingerprint density at radius 2 is 1.39 bits per heavy atom. The molecule has 54 heavy (non-hydrogen) atoms. The number of ether oxygens (including phenoxy) is 2. The third-order valence-electron chi connectivity index (χ3n) is 9.89. The van der Waals surface area contributed by atoms with E-state index in [-0.39, 0.29) is 31.6 Å². The van der Waals surface area contributed by atoms with Crippen LogP contribution in [0.3, 0.4) is 0 Å². The number of carbonyl (C=O) groups excluding carboxylic acids is 3. The molecular weight excluding hydrogens is 684 g/mol. The number of fused-ring (bicyclic) bond motifs is 1. The number of hydrogen-bond donors (Lipinski definition) is 2. The number of methoxy groups -OCH3 is 1. The first kappa shape index (κ1) is 35.8. The summed E-state index contributed by atoms with van der Waals surface area (Å²) in [6.45, 7) is 0.206. The average molecular weight is 723 g/mol. The number of likely N-dealkylation sites (tertiary alicyclic amines) is 1. The molecule has 0 unspecified atom stereocenters. The Balaban J connectivity index is 1.17. The molecule has 5 aromatic carbocycles. The first-order chi connectivity index (χ1) is 26.4. The summed E-state index contributed by atoms with van der Waals surface area (Å²) in [6.07, 6.45) is 0.916. The minimum absolute atomic E-state index is 0.0435. The first-order valence-electron chi connectivity index (χ1n) is 17.8. The van der Waals surface area contributed by atoms with Crippen LogP contribution in [0.4, 0.5) is 15.0 Å². The third-order valence-corrected chi connectivity index (χ3v) is 9.89. The molecular formula is C44H39FN4O5. The molecule has 1 aliphatic rings. The zero-order valence-electron chi connectivity index (χ0n) is 29.7. The van der Waals surface area contributed by atoms with Crippen LogP contribution in [0.2, 0.25) is 0 Å². The van der Waals surface area contributed by atoms with Gasteiger partial charge in [-0.05, 0) is 40.3 Å². The summed E-state index contributed by atoms with van der Waals surface area (Å²) < 4.78 is 27.0. The van der Waals surface area contributed by atoms with Crippen molar-refractivity contribution >= 4 is 34.6 Å². The number of nitrogens with zero attached hydrogens (tertiary/aromatic N) is 2. The highest BCUT2D eigenvalue weighted by Gasteiger charge is 2.41. The van der Waals surface area contributed by atoms with Crippen LogP contribution in [-0.4, -0.2) is 53.6 Å². The Kier molecular flexibility index (Phi) is 10.6. The predicted octanol–water partition coefficient (Wildman–Crippen LogP) is 7.39. The molecule has 2 amide bonds. The lowest BCUT2D eigenvalue weighted by molar-refractivity contribution is -0.151. The Morgan fingerprint density at radius 1 is 0.815 bits per heavy atom. The molecule has 2 atom stereocenters. The van der Waals surface area contributed by atoms with Gasteiger partial charge in [0.1, 0.15) is 35.9 Å². The number of pyridine rings is 1. The lowest BCUT2D eigenvalue weighted by Crippen LogP contribution is -2.48. The number of aromatic nitrogens is 1. The molecule has 272 valence electrons. The van der Waals surface area contributed by atoms with Crippen LogP contribution in [0, 0.1) is 5.82 Å². The number of benzene rings is 5. The summed E-state index contributed by atoms with van der Waals surface area (Å²) in [5, 5.41) is 7.18. The summed E-state index contributed by atoms with van der Waals surface area (Å²) >= 11 is 0. The van der Waals surface area contributed by atoms with Crippen LogP contribution in [0.15, 0.2) is 146 Å². The zero-order valence-corrected chi connectivity index (χ0v) is 29.7. The largest absolute Gasteiger partial charge is 0.467 e. The van der Waals surface area contributed by atoms with Gasteiger partial charge in [-0.3, -0.25) is 4.79 Å². The predicted molar refractivity (Wildman–Crippen MR) is 204 cm³/mol. The SMILES string of the molecule is COC(=O)[C@@H](Cc1ccc2c(NC(c3ccccc3)(c3ccccc3)c3ccccc3)nccc2c1F)N1CC[C@H](NC(=O)OCc2ccccc2)C1=O. The lowest BCUT2D eigenvalue weighted by atomic mass is 9.77. The molecule has 1 fully saturated rings. The van der Waals surface area contributed by atoms with Crippen molar-refractivity contribution in [3.8, 4) is 0 Å². The van der Waals surface area contributed by atoms with Gasteiger partial charge in [0.25, 0.3) is 0 Å². The number of alkyl carbamates (subject to hydrolysis) is 1. The standard InChI is InChI=1S/C44H39FN4O5/c1-53-42(51)38(49-27-25-37(41(49)50)47-43(52)54-29-30-14-6-2-7-15-30)28-31-22-23-36-35(39(31)45)24-26-46-40(36)48-44(32-16-8-3-9-17-32,33-18-10-4-11-19-33)34-20-12-5-13-21-34/h2-24,26,37-38H,25,27-29H2,1H3,(H,46,48)(H,47,52)/t37-,38+/m0/s1. The maximum absolute atomic E-state index is 16.7. The molecule has 2 N–H and O–H groups in total. The van der Waals surface area contributed by atoms with Crippen LogP contribution < -0.4 is 10.6 Å². The number of anilines is 1. The fraction of sp³-hybridized carbons (Fsp3) is 0.182. The van der Waals surface area contributed by atoms with Gasteiger partial charge in [0, 0.05) is 29.9 Å².